The van der Waals surface area contributed by atoms with Crippen LogP contribution in [0.25, 0.3) is 10.9 Å². The number of amides is 1. The lowest BCUT2D eigenvalue weighted by atomic mass is 10.1. The smallest absolute Gasteiger partial charge is 0.332 e. The molecule has 0 aliphatic carbocycles. The lowest BCUT2D eigenvalue weighted by Gasteiger charge is -2.15. The minimum atomic E-state index is -0.370. The van der Waals surface area contributed by atoms with E-state index in [1.54, 1.807) is 54.1 Å². The van der Waals surface area contributed by atoms with Crippen LogP contribution in [-0.4, -0.2) is 35.3 Å². The van der Waals surface area contributed by atoms with E-state index < -0.39 is 0 Å². The molecule has 0 aliphatic rings. The highest BCUT2D eigenvalue weighted by molar-refractivity contribution is 5.94. The van der Waals surface area contributed by atoms with Gasteiger partial charge in [0.1, 0.15) is 0 Å². The predicted octanol–water partition coefficient (Wildman–Crippen LogP) is 2.94. The molecule has 0 unspecified atom stereocenters. The first-order chi connectivity index (χ1) is 16.5. The fraction of sp³-hybridized carbons (Fsp3) is 0.222. The molecule has 4 rings (SSSR count). The third kappa shape index (κ3) is 5.00. The summed E-state index contributed by atoms with van der Waals surface area (Å²) in [5.41, 5.74) is 3.28. The molecule has 0 radical (unpaired) electrons. The van der Waals surface area contributed by atoms with E-state index in [1.165, 1.54) is 4.57 Å². The van der Waals surface area contributed by atoms with Crippen molar-refractivity contribution in [3.8, 4) is 0 Å². The first-order valence-corrected chi connectivity index (χ1v) is 11.1. The number of benzene rings is 3. The first kappa shape index (κ1) is 23.2. The number of nitrogens with one attached hydrogen (secondary N) is 1. The van der Waals surface area contributed by atoms with Gasteiger partial charge < -0.3 is 10.1 Å². The van der Waals surface area contributed by atoms with Crippen LogP contribution in [0.4, 0.5) is 0 Å². The van der Waals surface area contributed by atoms with E-state index in [1.807, 2.05) is 37.3 Å². The van der Waals surface area contributed by atoms with Gasteiger partial charge in [-0.25, -0.2) is 4.79 Å². The maximum Gasteiger partial charge on any atom is 0.332 e. The highest BCUT2D eigenvalue weighted by atomic mass is 16.5. The van der Waals surface area contributed by atoms with Gasteiger partial charge in [0.2, 0.25) is 0 Å². The summed E-state index contributed by atoms with van der Waals surface area (Å²) in [6, 6.07) is 22.1. The van der Waals surface area contributed by atoms with Crippen LogP contribution in [0.2, 0.25) is 0 Å². The monoisotopic (exact) mass is 457 g/mol. The second-order valence-electron chi connectivity index (χ2n) is 8.21. The molecule has 0 saturated carbocycles. The van der Waals surface area contributed by atoms with E-state index in [4.69, 9.17) is 4.74 Å². The van der Waals surface area contributed by atoms with E-state index in [2.05, 4.69) is 5.32 Å². The Morgan fingerprint density at radius 2 is 1.47 bits per heavy atom. The van der Waals surface area contributed by atoms with Crippen molar-refractivity contribution in [3.63, 3.8) is 0 Å². The summed E-state index contributed by atoms with van der Waals surface area (Å²) in [5, 5.41) is 3.26. The van der Waals surface area contributed by atoms with Gasteiger partial charge in [0.05, 0.1) is 30.6 Å². The van der Waals surface area contributed by atoms with Crippen molar-refractivity contribution in [1.82, 2.24) is 14.5 Å². The zero-order valence-electron chi connectivity index (χ0n) is 19.3. The Hall–Kier alpha value is -3.97. The number of hydrogen-bond donors (Lipinski definition) is 1. The number of carbonyl (C=O) groups is 1. The van der Waals surface area contributed by atoms with Crippen molar-refractivity contribution in [3.05, 3.63) is 116 Å². The van der Waals surface area contributed by atoms with Crippen LogP contribution >= 0.6 is 0 Å². The molecular weight excluding hydrogens is 430 g/mol. The Morgan fingerprint density at radius 3 is 2.15 bits per heavy atom. The number of aromatic nitrogens is 2. The van der Waals surface area contributed by atoms with E-state index >= 15 is 0 Å². The Bertz CT molecular complexity index is 1420. The number of methoxy groups -OCH3 is 1. The molecule has 34 heavy (non-hydrogen) atoms. The molecule has 0 spiro atoms. The summed E-state index contributed by atoms with van der Waals surface area (Å²) in [6.07, 6.45) is 0. The standard InChI is InChI=1S/C27H27N3O4/c1-19-7-9-20(10-8-19)17-29-24-6-4-3-5-23(24)26(32)30(27(29)33)18-21-11-13-22(14-12-21)25(31)28-15-16-34-2/h3-14H,15-18H2,1-2H3,(H,28,31). The van der Waals surface area contributed by atoms with Crippen molar-refractivity contribution in [2.24, 2.45) is 0 Å². The average molecular weight is 458 g/mol. The molecule has 7 heteroatoms. The molecule has 1 amide bonds. The van der Waals surface area contributed by atoms with Crippen molar-refractivity contribution < 1.29 is 9.53 Å². The van der Waals surface area contributed by atoms with Crippen LogP contribution in [0.3, 0.4) is 0 Å². The molecule has 0 bridgehead atoms. The molecule has 1 aromatic heterocycles. The highest BCUT2D eigenvalue weighted by Gasteiger charge is 2.14. The lowest BCUT2D eigenvalue weighted by Crippen LogP contribution is -2.40. The summed E-state index contributed by atoms with van der Waals surface area (Å²) in [5.74, 6) is -0.202. The average Bonchev–Trinajstić information content (AvgIpc) is 2.86. The number of ether oxygens (including phenoxy) is 1. The fourth-order valence-electron chi connectivity index (χ4n) is 3.85. The summed E-state index contributed by atoms with van der Waals surface area (Å²) in [7, 11) is 1.57. The maximum absolute atomic E-state index is 13.5. The zero-order chi connectivity index (χ0) is 24.1. The number of hydrogen-bond acceptors (Lipinski definition) is 4. The Labute approximate surface area is 197 Å². The van der Waals surface area contributed by atoms with Crippen LogP contribution in [0, 0.1) is 6.92 Å². The quantitative estimate of drug-likeness (QED) is 0.413. The van der Waals surface area contributed by atoms with Crippen LogP contribution in [-0.2, 0) is 17.8 Å². The van der Waals surface area contributed by atoms with Gasteiger partial charge in [-0.2, -0.15) is 0 Å². The second kappa shape index (κ2) is 10.3. The molecule has 0 saturated heterocycles. The zero-order valence-corrected chi connectivity index (χ0v) is 19.3. The number of fused-ring (bicyclic) bond motifs is 1. The summed E-state index contributed by atoms with van der Waals surface area (Å²) in [6.45, 7) is 3.34. The van der Waals surface area contributed by atoms with Gasteiger partial charge in [-0.05, 0) is 42.3 Å². The largest absolute Gasteiger partial charge is 0.383 e. The SMILES string of the molecule is COCCNC(=O)c1ccc(Cn2c(=O)c3ccccc3n(Cc3ccc(C)cc3)c2=O)cc1. The Morgan fingerprint density at radius 1 is 0.853 bits per heavy atom. The molecule has 0 atom stereocenters. The van der Waals surface area contributed by atoms with Gasteiger partial charge in [0.25, 0.3) is 11.5 Å². The third-order valence-corrected chi connectivity index (χ3v) is 5.74. The minimum Gasteiger partial charge on any atom is -0.383 e. The van der Waals surface area contributed by atoms with Gasteiger partial charge >= 0.3 is 5.69 Å². The number of para-hydroxylation sites is 1. The highest BCUT2D eigenvalue weighted by Crippen LogP contribution is 2.12. The molecule has 1 heterocycles. The summed E-state index contributed by atoms with van der Waals surface area (Å²) in [4.78, 5) is 38.9. The van der Waals surface area contributed by atoms with Gasteiger partial charge in [0.15, 0.2) is 0 Å². The lowest BCUT2D eigenvalue weighted by molar-refractivity contribution is 0.0937. The second-order valence-corrected chi connectivity index (χ2v) is 8.21. The predicted molar refractivity (Wildman–Crippen MR) is 133 cm³/mol. The van der Waals surface area contributed by atoms with Gasteiger partial charge in [0, 0.05) is 19.2 Å². The normalized spacial score (nSPS) is 11.0. The van der Waals surface area contributed by atoms with Gasteiger partial charge in [-0.15, -0.1) is 0 Å². The number of aryl methyl sites for hydroxylation is 1. The maximum atomic E-state index is 13.5. The molecular formula is C27H27N3O4. The van der Waals surface area contributed by atoms with Crippen molar-refractivity contribution in [2.45, 2.75) is 20.0 Å². The van der Waals surface area contributed by atoms with Crippen molar-refractivity contribution in [2.75, 3.05) is 20.3 Å². The van der Waals surface area contributed by atoms with Crippen LogP contribution in [0.5, 0.6) is 0 Å². The van der Waals surface area contributed by atoms with Crippen LogP contribution in [0.1, 0.15) is 27.0 Å². The van der Waals surface area contributed by atoms with Gasteiger partial charge in [-0.1, -0.05) is 54.1 Å². The van der Waals surface area contributed by atoms with E-state index in [0.717, 1.165) is 16.7 Å². The number of nitrogens with zero attached hydrogens (tertiary/aromatic N) is 2. The molecule has 7 nitrogen and oxygen atoms in total. The summed E-state index contributed by atoms with van der Waals surface area (Å²) >= 11 is 0. The van der Waals surface area contributed by atoms with E-state index in [0.29, 0.717) is 36.2 Å². The Kier molecular flexibility index (Phi) is 7.04. The van der Waals surface area contributed by atoms with E-state index in [-0.39, 0.29) is 23.7 Å². The van der Waals surface area contributed by atoms with Crippen LogP contribution < -0.4 is 16.6 Å². The third-order valence-electron chi connectivity index (χ3n) is 5.74. The first-order valence-electron chi connectivity index (χ1n) is 11.1. The topological polar surface area (TPSA) is 82.3 Å². The summed E-state index contributed by atoms with van der Waals surface area (Å²) < 4.78 is 7.83. The number of carbonyl (C=O) groups excluding carboxylic acids is 1. The molecule has 4 aromatic rings. The van der Waals surface area contributed by atoms with Gasteiger partial charge in [-0.3, -0.25) is 18.7 Å². The Balaban J connectivity index is 1.68. The molecule has 1 N–H and O–H groups in total. The van der Waals surface area contributed by atoms with Crippen molar-refractivity contribution in [1.29, 1.82) is 0 Å². The minimum absolute atomic E-state index is 0.113. The van der Waals surface area contributed by atoms with E-state index in [9.17, 15) is 14.4 Å². The molecule has 174 valence electrons. The van der Waals surface area contributed by atoms with Crippen molar-refractivity contribution >= 4 is 16.8 Å². The molecule has 0 fully saturated rings. The molecule has 3 aromatic carbocycles. The fourth-order valence-corrected chi connectivity index (χ4v) is 3.85. The molecule has 0 aliphatic heterocycles. The van der Waals surface area contributed by atoms with Crippen LogP contribution in [0.15, 0.2) is 82.4 Å². The number of rotatable bonds is 8.